The summed E-state index contributed by atoms with van der Waals surface area (Å²) in [4.78, 5) is 17.3. The van der Waals surface area contributed by atoms with Gasteiger partial charge in [0.05, 0.1) is 6.54 Å². The van der Waals surface area contributed by atoms with Gasteiger partial charge in [0.15, 0.2) is 0 Å². The van der Waals surface area contributed by atoms with Gasteiger partial charge in [-0.05, 0) is 12.1 Å². The molecule has 0 N–H and O–H groups in total. The monoisotopic (exact) mass is 248 g/mol. The molecular weight excluding hydrogens is 236 g/mol. The number of aromatic nitrogens is 1. The lowest BCUT2D eigenvalue weighted by Gasteiger charge is -2.15. The Morgan fingerprint density at radius 3 is 2.82 bits per heavy atom. The van der Waals surface area contributed by atoms with Crippen molar-refractivity contribution in [2.45, 2.75) is 6.54 Å². The van der Waals surface area contributed by atoms with Crippen LogP contribution >= 0.6 is 11.3 Å². The molecule has 1 amide bonds. The summed E-state index contributed by atoms with van der Waals surface area (Å²) in [5.74, 6) is 0.545. The van der Waals surface area contributed by atoms with Gasteiger partial charge in [0.25, 0.3) is 0 Å². The number of benzene rings is 1. The Balaban J connectivity index is 1.92. The van der Waals surface area contributed by atoms with E-state index in [-0.39, 0.29) is 6.09 Å². The highest BCUT2D eigenvalue weighted by Crippen LogP contribution is 2.12. The molecular formula is C12H12N2O2S. The maximum Gasteiger partial charge on any atom is 0.415 e. The van der Waals surface area contributed by atoms with Gasteiger partial charge in [-0.2, -0.15) is 0 Å². The SMILES string of the molecule is CN(Cc1nccs1)C(=O)Oc1ccccc1. The highest BCUT2D eigenvalue weighted by atomic mass is 32.1. The molecule has 1 aromatic heterocycles. The molecule has 0 bridgehead atoms. The van der Waals surface area contributed by atoms with Crippen molar-refractivity contribution in [3.05, 3.63) is 46.9 Å². The Labute approximate surface area is 103 Å². The standard InChI is InChI=1S/C12H12N2O2S/c1-14(9-11-13-7-8-17-11)12(15)16-10-5-3-2-4-6-10/h2-8H,9H2,1H3. The van der Waals surface area contributed by atoms with E-state index in [0.717, 1.165) is 5.01 Å². The number of amides is 1. The van der Waals surface area contributed by atoms with E-state index in [1.54, 1.807) is 25.4 Å². The van der Waals surface area contributed by atoms with Gasteiger partial charge in [-0.1, -0.05) is 18.2 Å². The first kappa shape index (κ1) is 11.6. The van der Waals surface area contributed by atoms with Crippen molar-refractivity contribution in [2.24, 2.45) is 0 Å². The summed E-state index contributed by atoms with van der Waals surface area (Å²) in [5, 5.41) is 2.77. The number of ether oxygens (including phenoxy) is 1. The molecule has 0 atom stereocenters. The van der Waals surface area contributed by atoms with Crippen LogP contribution in [-0.2, 0) is 6.54 Å². The summed E-state index contributed by atoms with van der Waals surface area (Å²) in [6, 6.07) is 9.01. The van der Waals surface area contributed by atoms with Crippen molar-refractivity contribution in [3.63, 3.8) is 0 Å². The molecule has 1 heterocycles. The minimum absolute atomic E-state index is 0.383. The summed E-state index contributed by atoms with van der Waals surface area (Å²) in [5.41, 5.74) is 0. The first-order valence-electron chi connectivity index (χ1n) is 5.12. The van der Waals surface area contributed by atoms with Crippen molar-refractivity contribution in [1.82, 2.24) is 9.88 Å². The normalized spacial score (nSPS) is 9.94. The average molecular weight is 248 g/mol. The number of thiazole rings is 1. The zero-order valence-electron chi connectivity index (χ0n) is 9.37. The lowest BCUT2D eigenvalue weighted by Crippen LogP contribution is -2.29. The molecule has 0 saturated heterocycles. The smallest absolute Gasteiger partial charge is 0.410 e. The van der Waals surface area contributed by atoms with Gasteiger partial charge >= 0.3 is 6.09 Å². The number of hydrogen-bond donors (Lipinski definition) is 0. The van der Waals surface area contributed by atoms with Crippen LogP contribution in [0.15, 0.2) is 41.9 Å². The van der Waals surface area contributed by atoms with Gasteiger partial charge in [-0.15, -0.1) is 11.3 Å². The summed E-state index contributed by atoms with van der Waals surface area (Å²) in [6.45, 7) is 0.462. The van der Waals surface area contributed by atoms with E-state index < -0.39 is 0 Å². The molecule has 88 valence electrons. The van der Waals surface area contributed by atoms with Crippen LogP contribution in [0.4, 0.5) is 4.79 Å². The van der Waals surface area contributed by atoms with E-state index in [4.69, 9.17) is 4.74 Å². The summed E-state index contributed by atoms with van der Waals surface area (Å²) < 4.78 is 5.19. The van der Waals surface area contributed by atoms with Crippen molar-refractivity contribution in [2.75, 3.05) is 7.05 Å². The van der Waals surface area contributed by atoms with Crippen molar-refractivity contribution >= 4 is 17.4 Å². The Morgan fingerprint density at radius 1 is 1.41 bits per heavy atom. The maximum atomic E-state index is 11.7. The van der Waals surface area contributed by atoms with Crippen LogP contribution < -0.4 is 4.74 Å². The van der Waals surface area contributed by atoms with Crippen LogP contribution in [-0.4, -0.2) is 23.0 Å². The second-order valence-corrected chi connectivity index (χ2v) is 4.44. The zero-order chi connectivity index (χ0) is 12.1. The van der Waals surface area contributed by atoms with Gasteiger partial charge in [0, 0.05) is 18.6 Å². The van der Waals surface area contributed by atoms with Crippen molar-refractivity contribution < 1.29 is 9.53 Å². The molecule has 1 aromatic carbocycles. The molecule has 0 unspecified atom stereocenters. The lowest BCUT2D eigenvalue weighted by atomic mass is 10.3. The number of nitrogens with zero attached hydrogens (tertiary/aromatic N) is 2. The molecule has 17 heavy (non-hydrogen) atoms. The van der Waals surface area contributed by atoms with E-state index in [1.165, 1.54) is 16.2 Å². The molecule has 4 nitrogen and oxygen atoms in total. The highest BCUT2D eigenvalue weighted by Gasteiger charge is 2.12. The van der Waals surface area contributed by atoms with Gasteiger partial charge in [-0.3, -0.25) is 0 Å². The van der Waals surface area contributed by atoms with E-state index in [1.807, 2.05) is 23.6 Å². The maximum absolute atomic E-state index is 11.7. The third-order valence-electron chi connectivity index (χ3n) is 2.12. The Bertz CT molecular complexity index is 471. The predicted octanol–water partition coefficient (Wildman–Crippen LogP) is 2.77. The van der Waals surface area contributed by atoms with Gasteiger partial charge < -0.3 is 9.64 Å². The van der Waals surface area contributed by atoms with Crippen LogP contribution in [0.25, 0.3) is 0 Å². The van der Waals surface area contributed by atoms with Crippen molar-refractivity contribution in [3.8, 4) is 5.75 Å². The summed E-state index contributed by atoms with van der Waals surface area (Å²) in [7, 11) is 1.69. The average Bonchev–Trinajstić information content (AvgIpc) is 2.83. The minimum Gasteiger partial charge on any atom is -0.410 e. The fourth-order valence-corrected chi connectivity index (χ4v) is 1.93. The summed E-state index contributed by atoms with van der Waals surface area (Å²) in [6.07, 6.45) is 1.34. The van der Waals surface area contributed by atoms with Gasteiger partial charge in [0.2, 0.25) is 0 Å². The Hall–Kier alpha value is -1.88. The molecule has 2 rings (SSSR count). The second kappa shape index (κ2) is 5.45. The molecule has 0 saturated carbocycles. The highest BCUT2D eigenvalue weighted by molar-refractivity contribution is 7.09. The molecule has 0 aliphatic rings. The molecule has 0 aliphatic heterocycles. The number of rotatable bonds is 3. The molecule has 0 radical (unpaired) electrons. The van der Waals surface area contributed by atoms with Crippen LogP contribution in [0.2, 0.25) is 0 Å². The fraction of sp³-hybridized carbons (Fsp3) is 0.167. The topological polar surface area (TPSA) is 42.4 Å². The first-order valence-corrected chi connectivity index (χ1v) is 6.00. The number of para-hydroxylation sites is 1. The van der Waals surface area contributed by atoms with Crippen LogP contribution in [0, 0.1) is 0 Å². The van der Waals surface area contributed by atoms with E-state index in [9.17, 15) is 4.79 Å². The van der Waals surface area contributed by atoms with E-state index in [0.29, 0.717) is 12.3 Å². The van der Waals surface area contributed by atoms with Crippen molar-refractivity contribution in [1.29, 1.82) is 0 Å². The zero-order valence-corrected chi connectivity index (χ0v) is 10.2. The van der Waals surface area contributed by atoms with Gasteiger partial charge in [-0.25, -0.2) is 9.78 Å². The Kier molecular flexibility index (Phi) is 3.72. The molecule has 2 aromatic rings. The number of carbonyl (C=O) groups excluding carboxylic acids is 1. The van der Waals surface area contributed by atoms with E-state index >= 15 is 0 Å². The Morgan fingerprint density at radius 2 is 2.18 bits per heavy atom. The lowest BCUT2D eigenvalue weighted by molar-refractivity contribution is 0.160. The number of hydrogen-bond acceptors (Lipinski definition) is 4. The molecule has 0 fully saturated rings. The van der Waals surface area contributed by atoms with Gasteiger partial charge in [0.1, 0.15) is 10.8 Å². The van der Waals surface area contributed by atoms with Crippen LogP contribution in [0.3, 0.4) is 0 Å². The molecule has 0 aliphatic carbocycles. The van der Waals surface area contributed by atoms with E-state index in [2.05, 4.69) is 4.98 Å². The first-order chi connectivity index (χ1) is 8.25. The summed E-state index contributed by atoms with van der Waals surface area (Å²) >= 11 is 1.51. The van der Waals surface area contributed by atoms with Crippen LogP contribution in [0.5, 0.6) is 5.75 Å². The van der Waals surface area contributed by atoms with Crippen LogP contribution in [0.1, 0.15) is 5.01 Å². The second-order valence-electron chi connectivity index (χ2n) is 3.46. The minimum atomic E-state index is -0.383. The number of carbonyl (C=O) groups is 1. The molecule has 5 heteroatoms. The third-order valence-corrected chi connectivity index (χ3v) is 2.88. The predicted molar refractivity (Wildman–Crippen MR) is 66.0 cm³/mol. The quantitative estimate of drug-likeness (QED) is 0.838. The fourth-order valence-electron chi connectivity index (χ4n) is 1.27. The molecule has 0 spiro atoms. The largest absolute Gasteiger partial charge is 0.415 e. The third kappa shape index (κ3) is 3.29.